The number of hydrogen-bond acceptors (Lipinski definition) is 6. The fourth-order valence-electron chi connectivity index (χ4n) is 3.77. The number of nitrogens with zero attached hydrogens (tertiary/aromatic N) is 3. The molecule has 0 N–H and O–H groups in total. The number of rotatable bonds is 6. The van der Waals surface area contributed by atoms with E-state index in [4.69, 9.17) is 14.0 Å². The second kappa shape index (κ2) is 8.02. The zero-order valence-electron chi connectivity index (χ0n) is 16.5. The van der Waals surface area contributed by atoms with Crippen LogP contribution in [0.1, 0.15) is 35.9 Å². The molecule has 0 aliphatic carbocycles. The largest absolute Gasteiger partial charge is 0.493 e. The van der Waals surface area contributed by atoms with Crippen molar-refractivity contribution >= 4 is 0 Å². The Morgan fingerprint density at radius 3 is 2.61 bits per heavy atom. The quantitative estimate of drug-likeness (QED) is 0.633. The number of likely N-dealkylation sites (tertiary alicyclic amines) is 1. The molecular formula is C22H25N3O3. The van der Waals surface area contributed by atoms with Gasteiger partial charge in [0.25, 0.3) is 0 Å². The lowest BCUT2D eigenvalue weighted by Crippen LogP contribution is -2.23. The summed E-state index contributed by atoms with van der Waals surface area (Å²) in [6.07, 6.45) is 2.23. The van der Waals surface area contributed by atoms with Crippen LogP contribution in [0.2, 0.25) is 0 Å². The Hall–Kier alpha value is -2.86. The Bertz CT molecular complexity index is 936. The van der Waals surface area contributed by atoms with E-state index in [1.807, 2.05) is 18.2 Å². The average molecular weight is 379 g/mol. The Morgan fingerprint density at radius 2 is 1.86 bits per heavy atom. The van der Waals surface area contributed by atoms with E-state index in [0.29, 0.717) is 24.3 Å². The van der Waals surface area contributed by atoms with Gasteiger partial charge in [0.1, 0.15) is 0 Å². The van der Waals surface area contributed by atoms with Crippen LogP contribution in [0.3, 0.4) is 0 Å². The first-order valence-corrected chi connectivity index (χ1v) is 9.53. The van der Waals surface area contributed by atoms with E-state index in [9.17, 15) is 0 Å². The lowest BCUT2D eigenvalue weighted by Gasteiger charge is -2.23. The second-order valence-electron chi connectivity index (χ2n) is 7.12. The van der Waals surface area contributed by atoms with Crippen molar-refractivity contribution in [1.82, 2.24) is 15.0 Å². The highest BCUT2D eigenvalue weighted by atomic mass is 16.5. The van der Waals surface area contributed by atoms with Gasteiger partial charge in [-0.05, 0) is 44.0 Å². The second-order valence-corrected chi connectivity index (χ2v) is 7.12. The zero-order valence-corrected chi connectivity index (χ0v) is 16.5. The first-order valence-electron chi connectivity index (χ1n) is 9.53. The number of hydrogen-bond donors (Lipinski definition) is 0. The molecule has 146 valence electrons. The molecule has 4 rings (SSSR count). The van der Waals surface area contributed by atoms with Gasteiger partial charge in [0.2, 0.25) is 11.7 Å². The summed E-state index contributed by atoms with van der Waals surface area (Å²) in [5.74, 6) is 2.78. The molecule has 1 saturated heterocycles. The van der Waals surface area contributed by atoms with Gasteiger partial charge in [0.15, 0.2) is 11.5 Å². The van der Waals surface area contributed by atoms with E-state index in [1.54, 1.807) is 14.2 Å². The highest BCUT2D eigenvalue weighted by Gasteiger charge is 2.28. The minimum Gasteiger partial charge on any atom is -0.493 e. The normalized spacial score (nSPS) is 17.0. The Kier molecular flexibility index (Phi) is 5.30. The highest BCUT2D eigenvalue weighted by Crippen LogP contribution is 2.37. The first kappa shape index (κ1) is 18.5. The van der Waals surface area contributed by atoms with Crippen LogP contribution in [0.15, 0.2) is 47.0 Å². The van der Waals surface area contributed by atoms with Crippen LogP contribution in [0.5, 0.6) is 11.5 Å². The van der Waals surface area contributed by atoms with E-state index >= 15 is 0 Å². The molecule has 0 spiro atoms. The summed E-state index contributed by atoms with van der Waals surface area (Å²) in [7, 11) is 3.32. The van der Waals surface area contributed by atoms with Crippen molar-refractivity contribution in [2.45, 2.75) is 32.4 Å². The van der Waals surface area contributed by atoms with Crippen LogP contribution in [-0.2, 0) is 6.54 Å². The molecule has 0 amide bonds. The molecule has 1 atom stereocenters. The van der Waals surface area contributed by atoms with Crippen molar-refractivity contribution < 1.29 is 14.0 Å². The van der Waals surface area contributed by atoms with Gasteiger partial charge < -0.3 is 14.0 Å². The highest BCUT2D eigenvalue weighted by molar-refractivity contribution is 5.54. The van der Waals surface area contributed by atoms with E-state index in [1.165, 1.54) is 11.1 Å². The van der Waals surface area contributed by atoms with Gasteiger partial charge in [-0.1, -0.05) is 41.1 Å². The van der Waals surface area contributed by atoms with Crippen LogP contribution in [0, 0.1) is 6.92 Å². The molecule has 1 unspecified atom stereocenters. The summed E-state index contributed by atoms with van der Waals surface area (Å²) in [5, 5.41) is 4.16. The number of methoxy groups -OCH3 is 2. The fourth-order valence-corrected chi connectivity index (χ4v) is 3.77. The number of aryl methyl sites for hydroxylation is 1. The van der Waals surface area contributed by atoms with Crippen molar-refractivity contribution in [3.63, 3.8) is 0 Å². The molecule has 1 aromatic heterocycles. The van der Waals surface area contributed by atoms with Crippen LogP contribution in [0.4, 0.5) is 0 Å². The maximum absolute atomic E-state index is 5.53. The van der Waals surface area contributed by atoms with Gasteiger partial charge >= 0.3 is 0 Å². The minimum absolute atomic E-state index is 0.300. The zero-order chi connectivity index (χ0) is 19.5. The third-order valence-corrected chi connectivity index (χ3v) is 5.27. The van der Waals surface area contributed by atoms with E-state index < -0.39 is 0 Å². The lowest BCUT2D eigenvalue weighted by molar-refractivity contribution is 0.212. The molecule has 1 aliphatic rings. The fraction of sp³-hybridized carbons (Fsp3) is 0.364. The van der Waals surface area contributed by atoms with Gasteiger partial charge in [-0.25, -0.2) is 0 Å². The molecule has 1 fully saturated rings. The van der Waals surface area contributed by atoms with Gasteiger partial charge in [0.05, 0.1) is 20.8 Å². The molecule has 6 heteroatoms. The Balaban J connectivity index is 1.51. The molecule has 0 saturated carbocycles. The predicted molar refractivity (Wildman–Crippen MR) is 106 cm³/mol. The number of benzene rings is 2. The van der Waals surface area contributed by atoms with Crippen molar-refractivity contribution in [2.24, 2.45) is 0 Å². The van der Waals surface area contributed by atoms with Crippen LogP contribution in [0.25, 0.3) is 11.4 Å². The summed E-state index contributed by atoms with van der Waals surface area (Å²) in [6.45, 7) is 3.70. The summed E-state index contributed by atoms with van der Waals surface area (Å²) < 4.78 is 16.4. The molecule has 1 aliphatic heterocycles. The van der Waals surface area contributed by atoms with E-state index in [0.717, 1.165) is 36.4 Å². The monoisotopic (exact) mass is 379 g/mol. The topological polar surface area (TPSA) is 60.6 Å². The summed E-state index contributed by atoms with van der Waals surface area (Å²) >= 11 is 0. The van der Waals surface area contributed by atoms with Crippen molar-refractivity contribution in [2.75, 3.05) is 20.8 Å². The van der Waals surface area contributed by atoms with Crippen molar-refractivity contribution in [3.05, 3.63) is 59.5 Å². The molecule has 3 aromatic rings. The Morgan fingerprint density at radius 1 is 1.07 bits per heavy atom. The third kappa shape index (κ3) is 3.73. The molecule has 28 heavy (non-hydrogen) atoms. The number of aromatic nitrogens is 2. The van der Waals surface area contributed by atoms with Crippen molar-refractivity contribution in [1.29, 1.82) is 0 Å². The first-order chi connectivity index (χ1) is 13.7. The SMILES string of the molecule is COc1ccc(C2CCCN2Cc2nc(-c3ccc(C)cc3)no2)cc1OC. The van der Waals surface area contributed by atoms with Crippen LogP contribution < -0.4 is 9.47 Å². The summed E-state index contributed by atoms with van der Waals surface area (Å²) in [5.41, 5.74) is 3.40. The predicted octanol–water partition coefficient (Wildman–Crippen LogP) is 4.40. The van der Waals surface area contributed by atoms with Gasteiger partial charge in [-0.3, -0.25) is 4.90 Å². The van der Waals surface area contributed by atoms with Gasteiger partial charge in [-0.15, -0.1) is 0 Å². The molecule has 2 aromatic carbocycles. The third-order valence-electron chi connectivity index (χ3n) is 5.27. The number of ether oxygens (including phenoxy) is 2. The molecule has 0 radical (unpaired) electrons. The molecular weight excluding hydrogens is 354 g/mol. The molecule has 2 heterocycles. The van der Waals surface area contributed by atoms with Crippen LogP contribution >= 0.6 is 0 Å². The lowest BCUT2D eigenvalue weighted by atomic mass is 10.0. The van der Waals surface area contributed by atoms with E-state index in [2.05, 4.69) is 46.2 Å². The minimum atomic E-state index is 0.300. The Labute approximate surface area is 165 Å². The van der Waals surface area contributed by atoms with Crippen LogP contribution in [-0.4, -0.2) is 35.8 Å². The summed E-state index contributed by atoms with van der Waals surface area (Å²) in [6, 6.07) is 14.6. The smallest absolute Gasteiger partial charge is 0.241 e. The average Bonchev–Trinajstić information content (AvgIpc) is 3.38. The van der Waals surface area contributed by atoms with Gasteiger partial charge in [-0.2, -0.15) is 4.98 Å². The molecule has 6 nitrogen and oxygen atoms in total. The van der Waals surface area contributed by atoms with E-state index in [-0.39, 0.29) is 0 Å². The maximum atomic E-state index is 5.53. The molecule has 0 bridgehead atoms. The maximum Gasteiger partial charge on any atom is 0.241 e. The standard InChI is InChI=1S/C22H25N3O3/c1-15-6-8-16(9-7-15)22-23-21(28-24-22)14-25-12-4-5-18(25)17-10-11-19(26-2)20(13-17)27-3/h6-11,13,18H,4-5,12,14H2,1-3H3. The van der Waals surface area contributed by atoms with Crippen molar-refractivity contribution in [3.8, 4) is 22.9 Å². The van der Waals surface area contributed by atoms with Gasteiger partial charge in [0, 0.05) is 11.6 Å². The summed E-state index contributed by atoms with van der Waals surface area (Å²) in [4.78, 5) is 6.98.